The van der Waals surface area contributed by atoms with Crippen molar-refractivity contribution in [1.29, 1.82) is 5.26 Å². The lowest BCUT2D eigenvalue weighted by atomic mass is 10.3. The largest absolute Gasteiger partial charge is 0.360 e. The molecule has 2 aromatic heterocycles. The number of rotatable bonds is 7. The summed E-state index contributed by atoms with van der Waals surface area (Å²) in [5, 5.41) is 15.5. The Labute approximate surface area is 183 Å². The van der Waals surface area contributed by atoms with E-state index >= 15 is 0 Å². The van der Waals surface area contributed by atoms with Crippen molar-refractivity contribution in [3.05, 3.63) is 59.5 Å². The number of carbonyl (C=O) groups is 1. The van der Waals surface area contributed by atoms with Gasteiger partial charge in [0.2, 0.25) is 5.91 Å². The monoisotopic (exact) mass is 457 g/mol. The zero-order chi connectivity index (χ0) is 22.6. The van der Waals surface area contributed by atoms with Crippen molar-refractivity contribution in [2.75, 3.05) is 10.0 Å². The number of sulfonamides is 1. The second kappa shape index (κ2) is 9.20. The van der Waals surface area contributed by atoms with Gasteiger partial charge in [0.15, 0.2) is 5.82 Å². The highest BCUT2D eigenvalue weighted by Gasteiger charge is 2.19. The molecule has 1 atom stereocenters. The molecule has 160 valence electrons. The zero-order valence-corrected chi connectivity index (χ0v) is 18.5. The van der Waals surface area contributed by atoms with E-state index in [1.54, 1.807) is 26.0 Å². The molecule has 1 aromatic carbocycles. The van der Waals surface area contributed by atoms with Crippen molar-refractivity contribution in [2.24, 2.45) is 0 Å². The fourth-order valence-electron chi connectivity index (χ4n) is 2.50. The molecule has 31 heavy (non-hydrogen) atoms. The number of aryl methyl sites for hydroxylation is 2. The molecular weight excluding hydrogens is 438 g/mol. The van der Waals surface area contributed by atoms with Crippen LogP contribution in [0.2, 0.25) is 0 Å². The molecule has 0 fully saturated rings. The Hall–Kier alpha value is -3.36. The molecule has 3 rings (SSSR count). The average Bonchev–Trinajstić information content (AvgIpc) is 3.12. The molecule has 0 spiro atoms. The minimum absolute atomic E-state index is 0.0104. The van der Waals surface area contributed by atoms with Crippen LogP contribution in [0.4, 0.5) is 11.5 Å². The Morgan fingerprint density at radius 2 is 1.90 bits per heavy atom. The number of carbonyl (C=O) groups excluding carboxylic acids is 1. The second-order valence-corrected chi connectivity index (χ2v) is 9.63. The number of nitrogens with one attached hydrogen (secondary N) is 2. The van der Waals surface area contributed by atoms with E-state index in [0.717, 1.165) is 5.69 Å². The van der Waals surface area contributed by atoms with Crippen molar-refractivity contribution in [3.63, 3.8) is 0 Å². The molecule has 0 saturated heterocycles. The van der Waals surface area contributed by atoms with E-state index in [0.29, 0.717) is 22.0 Å². The van der Waals surface area contributed by atoms with Gasteiger partial charge in [0, 0.05) is 17.4 Å². The van der Waals surface area contributed by atoms with Gasteiger partial charge >= 0.3 is 0 Å². The van der Waals surface area contributed by atoms with Crippen LogP contribution in [0.25, 0.3) is 0 Å². The number of thioether (sulfide) groups is 1. The highest BCUT2D eigenvalue weighted by atomic mass is 32.2. The molecule has 2 N–H and O–H groups in total. The number of nitrogens with zero attached hydrogens (tertiary/aromatic N) is 3. The summed E-state index contributed by atoms with van der Waals surface area (Å²) in [5.41, 5.74) is 1.59. The summed E-state index contributed by atoms with van der Waals surface area (Å²) in [6, 6.07) is 12.7. The SMILES string of the molecule is Cc1ccc(C#N)c(SC(C)C(=O)Nc2ccc(S(=O)(=O)Nc3cc(C)on3)cc2)n1. The van der Waals surface area contributed by atoms with Crippen molar-refractivity contribution in [1.82, 2.24) is 10.1 Å². The number of hydrogen-bond acceptors (Lipinski definition) is 8. The average molecular weight is 458 g/mol. The molecule has 0 aliphatic rings. The third kappa shape index (κ3) is 5.62. The molecule has 3 aromatic rings. The molecule has 0 bridgehead atoms. The Balaban J connectivity index is 1.66. The fourth-order valence-corrected chi connectivity index (χ4v) is 4.42. The first kappa shape index (κ1) is 22.3. The van der Waals surface area contributed by atoms with Crippen molar-refractivity contribution in [3.8, 4) is 6.07 Å². The highest BCUT2D eigenvalue weighted by molar-refractivity contribution is 8.00. The first-order valence-electron chi connectivity index (χ1n) is 9.09. The van der Waals surface area contributed by atoms with E-state index in [1.807, 2.05) is 6.92 Å². The van der Waals surface area contributed by atoms with E-state index in [4.69, 9.17) is 4.52 Å². The normalized spacial score (nSPS) is 12.1. The third-order valence-corrected chi connectivity index (χ3v) is 6.55. The number of pyridine rings is 1. The Kier molecular flexibility index (Phi) is 6.62. The minimum Gasteiger partial charge on any atom is -0.360 e. The van der Waals surface area contributed by atoms with E-state index in [2.05, 4.69) is 26.2 Å². The van der Waals surface area contributed by atoms with Gasteiger partial charge in [0.05, 0.1) is 15.7 Å². The molecule has 0 aliphatic heterocycles. The molecule has 11 heteroatoms. The van der Waals surface area contributed by atoms with E-state index in [1.165, 1.54) is 42.1 Å². The van der Waals surface area contributed by atoms with Crippen molar-refractivity contribution < 1.29 is 17.7 Å². The van der Waals surface area contributed by atoms with Gasteiger partial charge in [-0.2, -0.15) is 5.26 Å². The number of benzene rings is 1. The molecule has 9 nitrogen and oxygen atoms in total. The van der Waals surface area contributed by atoms with E-state index in [9.17, 15) is 18.5 Å². The predicted molar refractivity (Wildman–Crippen MR) is 116 cm³/mol. The van der Waals surface area contributed by atoms with Crippen LogP contribution in [-0.4, -0.2) is 29.7 Å². The Morgan fingerprint density at radius 1 is 1.19 bits per heavy atom. The molecule has 1 amide bonds. The molecule has 0 saturated carbocycles. The fraction of sp³-hybridized carbons (Fsp3) is 0.200. The summed E-state index contributed by atoms with van der Waals surface area (Å²) in [7, 11) is -3.84. The first-order valence-corrected chi connectivity index (χ1v) is 11.5. The number of amides is 1. The van der Waals surface area contributed by atoms with Gasteiger partial charge in [-0.05, 0) is 57.2 Å². The maximum Gasteiger partial charge on any atom is 0.263 e. The van der Waals surface area contributed by atoms with E-state index < -0.39 is 15.3 Å². The van der Waals surface area contributed by atoms with Crippen LogP contribution in [0.3, 0.4) is 0 Å². The smallest absolute Gasteiger partial charge is 0.263 e. The summed E-state index contributed by atoms with van der Waals surface area (Å²) in [5.74, 6) is 0.261. The summed E-state index contributed by atoms with van der Waals surface area (Å²) >= 11 is 1.18. The van der Waals surface area contributed by atoms with Gasteiger partial charge in [-0.1, -0.05) is 16.9 Å². The number of anilines is 2. The lowest BCUT2D eigenvalue weighted by Gasteiger charge is -2.13. The third-order valence-electron chi connectivity index (χ3n) is 4.08. The van der Waals surface area contributed by atoms with Gasteiger partial charge in [-0.3, -0.25) is 9.52 Å². The summed E-state index contributed by atoms with van der Waals surface area (Å²) in [4.78, 5) is 16.9. The van der Waals surface area contributed by atoms with Crippen LogP contribution < -0.4 is 10.0 Å². The molecule has 2 heterocycles. The van der Waals surface area contributed by atoms with Crippen LogP contribution in [-0.2, 0) is 14.8 Å². The zero-order valence-electron chi connectivity index (χ0n) is 16.9. The lowest BCUT2D eigenvalue weighted by Crippen LogP contribution is -2.22. The van der Waals surface area contributed by atoms with Gasteiger partial charge < -0.3 is 9.84 Å². The molecule has 0 radical (unpaired) electrons. The van der Waals surface area contributed by atoms with E-state index in [-0.39, 0.29) is 16.6 Å². The molecular formula is C20H19N5O4S2. The maximum atomic E-state index is 12.5. The van der Waals surface area contributed by atoms with Crippen LogP contribution in [0, 0.1) is 25.2 Å². The van der Waals surface area contributed by atoms with Crippen LogP contribution in [0.5, 0.6) is 0 Å². The number of aromatic nitrogens is 2. The summed E-state index contributed by atoms with van der Waals surface area (Å²) in [6.45, 7) is 5.16. The summed E-state index contributed by atoms with van der Waals surface area (Å²) in [6.07, 6.45) is 0. The van der Waals surface area contributed by atoms with Crippen molar-refractivity contribution >= 4 is 39.2 Å². The quantitative estimate of drug-likeness (QED) is 0.514. The second-order valence-electron chi connectivity index (χ2n) is 6.62. The van der Waals surface area contributed by atoms with Crippen LogP contribution in [0.1, 0.15) is 23.9 Å². The van der Waals surface area contributed by atoms with Crippen molar-refractivity contribution in [2.45, 2.75) is 35.9 Å². The van der Waals surface area contributed by atoms with Crippen LogP contribution >= 0.6 is 11.8 Å². The number of nitriles is 1. The maximum absolute atomic E-state index is 12.5. The lowest BCUT2D eigenvalue weighted by molar-refractivity contribution is -0.115. The Bertz CT molecular complexity index is 1250. The molecule has 0 aliphatic carbocycles. The Morgan fingerprint density at radius 3 is 2.52 bits per heavy atom. The number of hydrogen-bond donors (Lipinski definition) is 2. The molecule has 1 unspecified atom stereocenters. The topological polar surface area (TPSA) is 138 Å². The van der Waals surface area contributed by atoms with Gasteiger partial charge in [-0.25, -0.2) is 13.4 Å². The van der Waals surface area contributed by atoms with Gasteiger partial charge in [0.25, 0.3) is 10.0 Å². The standard InChI is InChI=1S/C20H19N5O4S2/c1-12-4-5-15(11-21)20(22-12)30-14(3)19(26)23-16-6-8-17(9-7-16)31(27,28)25-18-10-13(2)29-24-18/h4-10,14H,1-3H3,(H,23,26)(H,24,25). The van der Waals surface area contributed by atoms with Gasteiger partial charge in [0.1, 0.15) is 16.9 Å². The first-order chi connectivity index (χ1) is 14.7. The summed E-state index contributed by atoms with van der Waals surface area (Å²) < 4.78 is 32.0. The predicted octanol–water partition coefficient (Wildman–Crippen LogP) is 3.48. The highest BCUT2D eigenvalue weighted by Crippen LogP contribution is 2.26. The van der Waals surface area contributed by atoms with Crippen LogP contribution in [0.15, 0.2) is 56.9 Å². The van der Waals surface area contributed by atoms with Gasteiger partial charge in [-0.15, -0.1) is 0 Å². The minimum atomic E-state index is -3.84.